The van der Waals surface area contributed by atoms with Crippen molar-refractivity contribution in [1.29, 1.82) is 0 Å². The van der Waals surface area contributed by atoms with E-state index in [0.717, 1.165) is 38.5 Å². The van der Waals surface area contributed by atoms with Crippen molar-refractivity contribution in [2.75, 3.05) is 26.4 Å². The highest BCUT2D eigenvalue weighted by Gasteiger charge is 2.30. The molecule has 152 valence electrons. The Balaban J connectivity index is 3.69. The molecule has 0 aromatic rings. The van der Waals surface area contributed by atoms with Gasteiger partial charge in [0.25, 0.3) is 0 Å². The smallest absolute Gasteiger partial charge is 0.334 e. The van der Waals surface area contributed by atoms with E-state index < -0.39 is 17.1 Å². The van der Waals surface area contributed by atoms with E-state index in [-0.39, 0.29) is 0 Å². The van der Waals surface area contributed by atoms with Gasteiger partial charge in [0.2, 0.25) is 0 Å². The van der Waals surface area contributed by atoms with E-state index >= 15 is 0 Å². The Labute approximate surface area is 159 Å². The first-order valence-corrected chi connectivity index (χ1v) is 15.6. The minimum Gasteiger partial charge on any atom is -0.395 e. The number of rotatable bonds is 18. The SMILES string of the molecule is CCO[Si](C)(CCCCCCCCC[Si](C)(OCC)OCC)OCC. The van der Waals surface area contributed by atoms with Crippen LogP contribution in [0.4, 0.5) is 0 Å². The summed E-state index contributed by atoms with van der Waals surface area (Å²) in [4.78, 5) is 0. The van der Waals surface area contributed by atoms with Crippen molar-refractivity contribution in [3.63, 3.8) is 0 Å². The Morgan fingerprint density at radius 3 is 0.920 bits per heavy atom. The predicted molar refractivity (Wildman–Crippen MR) is 112 cm³/mol. The lowest BCUT2D eigenvalue weighted by molar-refractivity contribution is 0.187. The second kappa shape index (κ2) is 15.3. The van der Waals surface area contributed by atoms with E-state index in [1.54, 1.807) is 0 Å². The second-order valence-electron chi connectivity index (χ2n) is 6.97. The highest BCUT2D eigenvalue weighted by molar-refractivity contribution is 6.66. The van der Waals surface area contributed by atoms with Crippen molar-refractivity contribution in [3.8, 4) is 0 Å². The third kappa shape index (κ3) is 13.1. The molecule has 6 heteroatoms. The lowest BCUT2D eigenvalue weighted by Gasteiger charge is -2.26. The summed E-state index contributed by atoms with van der Waals surface area (Å²) < 4.78 is 23.6. The first-order chi connectivity index (χ1) is 11.9. The third-order valence-electron chi connectivity index (χ3n) is 4.56. The van der Waals surface area contributed by atoms with Gasteiger partial charge in [-0.05, 0) is 52.9 Å². The summed E-state index contributed by atoms with van der Waals surface area (Å²) in [6.07, 6.45) is 9.07. The molecule has 0 aromatic heterocycles. The van der Waals surface area contributed by atoms with Gasteiger partial charge in [-0.1, -0.05) is 44.9 Å². The van der Waals surface area contributed by atoms with Gasteiger partial charge in [-0.25, -0.2) is 0 Å². The minimum atomic E-state index is -1.89. The Morgan fingerprint density at radius 1 is 0.440 bits per heavy atom. The number of hydrogen-bond donors (Lipinski definition) is 0. The summed E-state index contributed by atoms with van der Waals surface area (Å²) >= 11 is 0. The summed E-state index contributed by atoms with van der Waals surface area (Å²) in [5.41, 5.74) is 0. The van der Waals surface area contributed by atoms with Gasteiger partial charge in [0.05, 0.1) is 0 Å². The van der Waals surface area contributed by atoms with E-state index in [4.69, 9.17) is 17.7 Å². The normalized spacial score (nSPS) is 12.7. The lowest BCUT2D eigenvalue weighted by Crippen LogP contribution is -2.38. The lowest BCUT2D eigenvalue weighted by atomic mass is 10.1. The first-order valence-electron chi connectivity index (χ1n) is 10.5. The van der Waals surface area contributed by atoms with E-state index in [1.165, 1.54) is 44.9 Å². The molecule has 0 aromatic carbocycles. The zero-order valence-electron chi connectivity index (χ0n) is 17.8. The minimum absolute atomic E-state index is 0.772. The number of hydrogen-bond acceptors (Lipinski definition) is 4. The Kier molecular flexibility index (Phi) is 15.5. The summed E-state index contributed by atoms with van der Waals surface area (Å²) in [7, 11) is -3.78. The van der Waals surface area contributed by atoms with Gasteiger partial charge in [-0.2, -0.15) is 0 Å². The average Bonchev–Trinajstić information content (AvgIpc) is 2.54. The summed E-state index contributed by atoms with van der Waals surface area (Å²) in [6.45, 7) is 15.8. The molecular formula is C19H44O4Si2. The molecule has 0 spiro atoms. The highest BCUT2D eigenvalue weighted by Crippen LogP contribution is 2.21. The fraction of sp³-hybridized carbons (Fsp3) is 1.00. The molecule has 0 bridgehead atoms. The molecular weight excluding hydrogens is 348 g/mol. The maximum absolute atomic E-state index is 5.90. The van der Waals surface area contributed by atoms with Crippen molar-refractivity contribution in [3.05, 3.63) is 0 Å². The van der Waals surface area contributed by atoms with Crippen LogP contribution in [0.5, 0.6) is 0 Å². The topological polar surface area (TPSA) is 36.9 Å². The van der Waals surface area contributed by atoms with Gasteiger partial charge < -0.3 is 17.7 Å². The van der Waals surface area contributed by atoms with Gasteiger partial charge in [0, 0.05) is 26.4 Å². The second-order valence-corrected chi connectivity index (χ2v) is 13.7. The van der Waals surface area contributed by atoms with Crippen LogP contribution in [0.1, 0.15) is 72.6 Å². The van der Waals surface area contributed by atoms with E-state index in [2.05, 4.69) is 40.8 Å². The number of unbranched alkanes of at least 4 members (excludes halogenated alkanes) is 6. The maximum Gasteiger partial charge on any atom is 0.334 e. The van der Waals surface area contributed by atoms with Gasteiger partial charge in [0.1, 0.15) is 0 Å². The molecule has 0 rings (SSSR count). The molecule has 0 aliphatic rings. The van der Waals surface area contributed by atoms with Crippen LogP contribution in [0.15, 0.2) is 0 Å². The quantitative estimate of drug-likeness (QED) is 0.211. The average molecular weight is 393 g/mol. The molecule has 0 aliphatic carbocycles. The van der Waals surface area contributed by atoms with Crippen LogP contribution in [0, 0.1) is 0 Å². The van der Waals surface area contributed by atoms with Crippen LogP contribution in [-0.4, -0.2) is 43.5 Å². The van der Waals surface area contributed by atoms with Crippen molar-refractivity contribution in [1.82, 2.24) is 0 Å². The largest absolute Gasteiger partial charge is 0.395 e. The van der Waals surface area contributed by atoms with Gasteiger partial charge in [-0.15, -0.1) is 0 Å². The molecule has 0 unspecified atom stereocenters. The van der Waals surface area contributed by atoms with E-state index in [0.29, 0.717) is 0 Å². The summed E-state index contributed by atoms with van der Waals surface area (Å²) in [6, 6.07) is 2.25. The molecule has 0 saturated carbocycles. The third-order valence-corrected chi connectivity index (χ3v) is 10.7. The monoisotopic (exact) mass is 392 g/mol. The molecule has 25 heavy (non-hydrogen) atoms. The summed E-state index contributed by atoms with van der Waals surface area (Å²) in [5, 5.41) is 0. The first kappa shape index (κ1) is 25.3. The predicted octanol–water partition coefficient (Wildman–Crippen LogP) is 6.01. The van der Waals surface area contributed by atoms with Gasteiger partial charge in [0.15, 0.2) is 0 Å². The molecule has 0 amide bonds. The van der Waals surface area contributed by atoms with Crippen LogP contribution in [0.25, 0.3) is 0 Å². The van der Waals surface area contributed by atoms with Gasteiger partial charge in [-0.3, -0.25) is 0 Å². The zero-order valence-corrected chi connectivity index (χ0v) is 19.8. The standard InChI is InChI=1S/C19H44O4Si2/c1-7-20-24(5,21-8-2)18-16-14-12-11-13-15-17-19-25(6,22-9-3)23-10-4/h7-19H2,1-6H3. The molecule has 0 atom stereocenters. The van der Waals surface area contributed by atoms with Crippen molar-refractivity contribution < 1.29 is 17.7 Å². The fourth-order valence-electron chi connectivity index (χ4n) is 3.37. The molecule has 0 radical (unpaired) electrons. The van der Waals surface area contributed by atoms with Crippen molar-refractivity contribution in [2.24, 2.45) is 0 Å². The summed E-state index contributed by atoms with van der Waals surface area (Å²) in [5.74, 6) is 0. The van der Waals surface area contributed by atoms with E-state index in [1.807, 2.05) is 0 Å². The van der Waals surface area contributed by atoms with Gasteiger partial charge >= 0.3 is 17.1 Å². The highest BCUT2D eigenvalue weighted by atomic mass is 28.4. The van der Waals surface area contributed by atoms with Crippen LogP contribution in [0.2, 0.25) is 25.2 Å². The molecule has 0 N–H and O–H groups in total. The molecule has 0 fully saturated rings. The van der Waals surface area contributed by atoms with E-state index in [9.17, 15) is 0 Å². The Bertz CT molecular complexity index is 263. The molecule has 0 aliphatic heterocycles. The molecule has 0 saturated heterocycles. The van der Waals surface area contributed by atoms with Crippen molar-refractivity contribution >= 4 is 17.1 Å². The Hall–Kier alpha value is 0.274. The van der Waals surface area contributed by atoms with Crippen LogP contribution >= 0.6 is 0 Å². The fourth-order valence-corrected chi connectivity index (χ4v) is 8.34. The van der Waals surface area contributed by atoms with Crippen LogP contribution in [0.3, 0.4) is 0 Å². The van der Waals surface area contributed by atoms with Crippen molar-refractivity contribution in [2.45, 2.75) is 97.8 Å². The Morgan fingerprint density at radius 2 is 0.680 bits per heavy atom. The van der Waals surface area contributed by atoms with Crippen LogP contribution in [-0.2, 0) is 17.7 Å². The molecule has 0 heterocycles. The molecule has 4 nitrogen and oxygen atoms in total. The zero-order chi connectivity index (χ0) is 19.0. The maximum atomic E-state index is 5.90. The van der Waals surface area contributed by atoms with Crippen LogP contribution < -0.4 is 0 Å².